The Morgan fingerprint density at radius 2 is 2.19 bits per heavy atom. The predicted octanol–water partition coefficient (Wildman–Crippen LogP) is 0.864. The molecule has 0 aliphatic rings. The van der Waals surface area contributed by atoms with Crippen molar-refractivity contribution in [1.82, 2.24) is 19.5 Å². The summed E-state index contributed by atoms with van der Waals surface area (Å²) in [5, 5.41) is 6.08. The highest BCUT2D eigenvalue weighted by Gasteiger charge is 2.00. The molecule has 2 aromatic heterocycles. The first-order valence-electron chi connectivity index (χ1n) is 5.00. The van der Waals surface area contributed by atoms with Gasteiger partial charge in [0.1, 0.15) is 11.6 Å². The van der Waals surface area contributed by atoms with Crippen LogP contribution >= 0.6 is 0 Å². The maximum absolute atomic E-state index is 4.25. The Labute approximate surface area is 93.8 Å². The lowest BCUT2D eigenvalue weighted by molar-refractivity contribution is 0.810. The van der Waals surface area contributed by atoms with Gasteiger partial charge in [-0.15, -0.1) is 0 Å². The monoisotopic (exact) mass is 218 g/mol. The lowest BCUT2D eigenvalue weighted by atomic mass is 10.5. The van der Waals surface area contributed by atoms with Gasteiger partial charge >= 0.3 is 0 Å². The average molecular weight is 218 g/mol. The first-order chi connectivity index (χ1) is 7.79. The summed E-state index contributed by atoms with van der Waals surface area (Å²) in [5.74, 6) is 2.34. The summed E-state index contributed by atoms with van der Waals surface area (Å²) in [4.78, 5) is 12.5. The van der Waals surface area contributed by atoms with E-state index in [0.29, 0.717) is 12.5 Å². The van der Waals surface area contributed by atoms with Crippen molar-refractivity contribution in [3.05, 3.63) is 30.5 Å². The molecule has 0 fully saturated rings. The zero-order valence-corrected chi connectivity index (χ0v) is 9.31. The Bertz CT molecular complexity index is 464. The van der Waals surface area contributed by atoms with Gasteiger partial charge in [0.25, 0.3) is 0 Å². The van der Waals surface area contributed by atoms with Crippen LogP contribution in [0.2, 0.25) is 0 Å². The molecule has 0 spiro atoms. The van der Waals surface area contributed by atoms with Crippen LogP contribution in [0.5, 0.6) is 0 Å². The van der Waals surface area contributed by atoms with Gasteiger partial charge in [-0.2, -0.15) is 4.98 Å². The second-order valence-electron chi connectivity index (χ2n) is 3.32. The van der Waals surface area contributed by atoms with E-state index < -0.39 is 0 Å². The van der Waals surface area contributed by atoms with E-state index in [9.17, 15) is 0 Å². The Morgan fingerprint density at radius 1 is 1.31 bits per heavy atom. The number of hydrogen-bond acceptors (Lipinski definition) is 5. The average Bonchev–Trinajstić information content (AvgIpc) is 2.72. The molecule has 2 aromatic rings. The number of nitrogens with one attached hydrogen (secondary N) is 2. The van der Waals surface area contributed by atoms with E-state index in [2.05, 4.69) is 25.6 Å². The van der Waals surface area contributed by atoms with Crippen LogP contribution < -0.4 is 10.6 Å². The maximum atomic E-state index is 4.25. The summed E-state index contributed by atoms with van der Waals surface area (Å²) in [6.45, 7) is 0.643. The third-order valence-corrected chi connectivity index (χ3v) is 2.23. The number of aromatic nitrogens is 4. The van der Waals surface area contributed by atoms with E-state index in [1.807, 2.05) is 23.9 Å². The molecule has 0 saturated heterocycles. The lowest BCUT2D eigenvalue weighted by Crippen LogP contribution is -2.07. The van der Waals surface area contributed by atoms with E-state index in [1.165, 1.54) is 0 Å². The number of imidazole rings is 1. The summed E-state index contributed by atoms with van der Waals surface area (Å²) in [7, 11) is 3.75. The smallest absolute Gasteiger partial charge is 0.224 e. The standard InChI is InChI=1S/C10H14N6/c1-11-10-13-4-3-8(15-10)14-7-9-12-5-6-16(9)2/h3-6H,7H2,1-2H3,(H2,11,13,14,15). The third-order valence-electron chi connectivity index (χ3n) is 2.23. The summed E-state index contributed by atoms with van der Waals surface area (Å²) in [6, 6.07) is 1.82. The SMILES string of the molecule is CNc1nccc(NCc2nccn2C)n1. The fourth-order valence-electron chi connectivity index (χ4n) is 1.31. The third kappa shape index (κ3) is 2.28. The Balaban J connectivity index is 2.02. The second kappa shape index (κ2) is 4.61. The van der Waals surface area contributed by atoms with Crippen molar-refractivity contribution in [1.29, 1.82) is 0 Å². The first kappa shape index (κ1) is 10.4. The molecule has 0 amide bonds. The van der Waals surface area contributed by atoms with Crippen molar-refractivity contribution in [2.75, 3.05) is 17.7 Å². The van der Waals surface area contributed by atoms with Gasteiger partial charge < -0.3 is 15.2 Å². The van der Waals surface area contributed by atoms with Gasteiger partial charge in [-0.05, 0) is 6.07 Å². The van der Waals surface area contributed by atoms with Crippen molar-refractivity contribution < 1.29 is 0 Å². The summed E-state index contributed by atoms with van der Waals surface area (Å²) in [6.07, 6.45) is 5.39. The molecular formula is C10H14N6. The van der Waals surface area contributed by atoms with Gasteiger partial charge in [0.05, 0.1) is 6.54 Å². The minimum Gasteiger partial charge on any atom is -0.363 e. The van der Waals surface area contributed by atoms with Crippen LogP contribution in [0.3, 0.4) is 0 Å². The molecule has 0 aliphatic heterocycles. The summed E-state index contributed by atoms with van der Waals surface area (Å²) >= 11 is 0. The van der Waals surface area contributed by atoms with E-state index in [-0.39, 0.29) is 0 Å². The molecule has 0 aliphatic carbocycles. The van der Waals surface area contributed by atoms with Crippen LogP contribution in [-0.2, 0) is 13.6 Å². The van der Waals surface area contributed by atoms with Crippen molar-refractivity contribution in [3.8, 4) is 0 Å². The molecule has 0 saturated carbocycles. The summed E-state index contributed by atoms with van der Waals surface area (Å²) in [5.41, 5.74) is 0. The molecule has 0 unspecified atom stereocenters. The van der Waals surface area contributed by atoms with Gasteiger partial charge in [-0.25, -0.2) is 9.97 Å². The maximum Gasteiger partial charge on any atom is 0.224 e. The number of hydrogen-bond donors (Lipinski definition) is 2. The highest BCUT2D eigenvalue weighted by Crippen LogP contribution is 2.06. The van der Waals surface area contributed by atoms with E-state index in [0.717, 1.165) is 11.6 Å². The van der Waals surface area contributed by atoms with Crippen LogP contribution in [0.1, 0.15) is 5.82 Å². The highest BCUT2D eigenvalue weighted by molar-refractivity contribution is 5.39. The van der Waals surface area contributed by atoms with Crippen LogP contribution in [0.15, 0.2) is 24.7 Å². The number of rotatable bonds is 4. The van der Waals surface area contributed by atoms with Crippen LogP contribution in [-0.4, -0.2) is 26.6 Å². The molecular weight excluding hydrogens is 204 g/mol. The molecule has 0 aromatic carbocycles. The molecule has 0 bridgehead atoms. The van der Waals surface area contributed by atoms with Crippen molar-refractivity contribution in [3.63, 3.8) is 0 Å². The van der Waals surface area contributed by atoms with Crippen molar-refractivity contribution in [2.24, 2.45) is 7.05 Å². The molecule has 0 atom stereocenters. The van der Waals surface area contributed by atoms with Gasteiger partial charge in [0.2, 0.25) is 5.95 Å². The van der Waals surface area contributed by atoms with Gasteiger partial charge in [0.15, 0.2) is 0 Å². The minimum absolute atomic E-state index is 0.602. The van der Waals surface area contributed by atoms with Gasteiger partial charge in [0, 0.05) is 32.7 Å². The number of aryl methyl sites for hydroxylation is 1. The topological polar surface area (TPSA) is 67.7 Å². The van der Waals surface area contributed by atoms with E-state index in [4.69, 9.17) is 0 Å². The van der Waals surface area contributed by atoms with E-state index in [1.54, 1.807) is 19.4 Å². The quantitative estimate of drug-likeness (QED) is 0.796. The number of anilines is 2. The minimum atomic E-state index is 0.602. The van der Waals surface area contributed by atoms with Crippen LogP contribution in [0.25, 0.3) is 0 Å². The van der Waals surface area contributed by atoms with Crippen molar-refractivity contribution in [2.45, 2.75) is 6.54 Å². The first-order valence-corrected chi connectivity index (χ1v) is 5.00. The molecule has 84 valence electrons. The molecule has 2 heterocycles. The van der Waals surface area contributed by atoms with Gasteiger partial charge in [-0.1, -0.05) is 0 Å². The fourth-order valence-corrected chi connectivity index (χ4v) is 1.31. The zero-order valence-electron chi connectivity index (χ0n) is 9.31. The molecule has 6 nitrogen and oxygen atoms in total. The lowest BCUT2D eigenvalue weighted by Gasteiger charge is -2.06. The predicted molar refractivity (Wildman–Crippen MR) is 62.1 cm³/mol. The second-order valence-corrected chi connectivity index (χ2v) is 3.32. The highest BCUT2D eigenvalue weighted by atomic mass is 15.1. The normalized spacial score (nSPS) is 10.1. The summed E-state index contributed by atoms with van der Waals surface area (Å²) < 4.78 is 1.97. The molecule has 0 radical (unpaired) electrons. The number of nitrogens with zero attached hydrogens (tertiary/aromatic N) is 4. The fraction of sp³-hybridized carbons (Fsp3) is 0.300. The van der Waals surface area contributed by atoms with Crippen LogP contribution in [0, 0.1) is 0 Å². The molecule has 2 N–H and O–H groups in total. The Morgan fingerprint density at radius 3 is 2.88 bits per heavy atom. The van der Waals surface area contributed by atoms with Crippen molar-refractivity contribution >= 4 is 11.8 Å². The molecule has 2 rings (SSSR count). The molecule has 6 heteroatoms. The van der Waals surface area contributed by atoms with E-state index >= 15 is 0 Å². The largest absolute Gasteiger partial charge is 0.363 e. The zero-order chi connectivity index (χ0) is 11.4. The Kier molecular flexibility index (Phi) is 3.00. The Hall–Kier alpha value is -2.11. The van der Waals surface area contributed by atoms with Crippen LogP contribution in [0.4, 0.5) is 11.8 Å². The van der Waals surface area contributed by atoms with Gasteiger partial charge in [-0.3, -0.25) is 0 Å². The molecule has 16 heavy (non-hydrogen) atoms.